The van der Waals surface area contributed by atoms with Crippen molar-refractivity contribution in [3.63, 3.8) is 0 Å². The van der Waals surface area contributed by atoms with Crippen molar-refractivity contribution in [1.29, 1.82) is 0 Å². The van der Waals surface area contributed by atoms with Crippen LogP contribution in [-0.4, -0.2) is 58.2 Å². The predicted molar refractivity (Wildman–Crippen MR) is 184 cm³/mol. The Morgan fingerprint density at radius 2 is 1.71 bits per heavy atom. The fourth-order valence-corrected chi connectivity index (χ4v) is 7.72. The molecule has 3 aliphatic carbocycles. The van der Waals surface area contributed by atoms with E-state index >= 15 is 0 Å². The summed E-state index contributed by atoms with van der Waals surface area (Å²) in [5.41, 5.74) is 0.575. The number of nitrogens with zero attached hydrogens (tertiary/aromatic N) is 1. The number of carbonyl (C=O) groups excluding carboxylic acids is 2. The number of carbonyl (C=O) groups is 2. The number of hydrogen-bond donors (Lipinski definition) is 2. The molecule has 3 aromatic rings. The maximum Gasteiger partial charge on any atom is 0.573 e. The van der Waals surface area contributed by atoms with Gasteiger partial charge in [0.25, 0.3) is 0 Å². The first-order valence-electron chi connectivity index (χ1n) is 17.5. The summed E-state index contributed by atoms with van der Waals surface area (Å²) in [7, 11) is 0. The van der Waals surface area contributed by atoms with Gasteiger partial charge in [-0.25, -0.2) is 13.6 Å². The fourth-order valence-electron chi connectivity index (χ4n) is 7.72. The molecule has 3 aromatic carbocycles. The summed E-state index contributed by atoms with van der Waals surface area (Å²) in [6.45, 7) is 5.34. The van der Waals surface area contributed by atoms with Crippen molar-refractivity contribution in [1.82, 2.24) is 4.90 Å². The van der Waals surface area contributed by atoms with Crippen molar-refractivity contribution in [2.75, 3.05) is 13.2 Å². The number of halogens is 5. The summed E-state index contributed by atoms with van der Waals surface area (Å²) >= 11 is 0. The van der Waals surface area contributed by atoms with Crippen LogP contribution in [0.15, 0.2) is 72.3 Å². The Hall–Kier alpha value is -4.29. The highest BCUT2D eigenvalue weighted by Gasteiger charge is 2.57. The Labute approximate surface area is 300 Å². The van der Waals surface area contributed by atoms with Crippen LogP contribution in [0.3, 0.4) is 0 Å². The molecule has 1 amide bonds. The Balaban J connectivity index is 1.56. The lowest BCUT2D eigenvalue weighted by atomic mass is 9.64. The number of alkyl halides is 3. The van der Waals surface area contributed by atoms with E-state index < -0.39 is 58.7 Å². The number of allylic oxidation sites excluding steroid dienone is 2. The van der Waals surface area contributed by atoms with E-state index in [1.54, 1.807) is 13.0 Å². The van der Waals surface area contributed by atoms with E-state index in [0.29, 0.717) is 48.8 Å². The molecule has 0 spiro atoms. The molecule has 12 heteroatoms. The predicted octanol–water partition coefficient (Wildman–Crippen LogP) is 8.79. The van der Waals surface area contributed by atoms with Gasteiger partial charge in [0.05, 0.1) is 24.9 Å². The van der Waals surface area contributed by atoms with Gasteiger partial charge in [0, 0.05) is 23.1 Å². The van der Waals surface area contributed by atoms with E-state index in [0.717, 1.165) is 29.8 Å². The van der Waals surface area contributed by atoms with Crippen LogP contribution in [0.25, 0.3) is 0 Å². The van der Waals surface area contributed by atoms with Crippen molar-refractivity contribution in [3.8, 4) is 5.75 Å². The maximum absolute atomic E-state index is 14.3. The fraction of sp³-hybridized carbons (Fsp3) is 0.450. The molecule has 3 aliphatic rings. The zero-order valence-electron chi connectivity index (χ0n) is 29.4. The van der Waals surface area contributed by atoms with Gasteiger partial charge in [0.15, 0.2) is 17.4 Å². The Kier molecular flexibility index (Phi) is 11.8. The van der Waals surface area contributed by atoms with Crippen molar-refractivity contribution < 1.29 is 51.2 Å². The van der Waals surface area contributed by atoms with Crippen molar-refractivity contribution in [2.45, 2.75) is 96.2 Å². The highest BCUT2D eigenvalue weighted by atomic mass is 19.4. The van der Waals surface area contributed by atoms with Gasteiger partial charge in [-0.15, -0.1) is 13.2 Å². The van der Waals surface area contributed by atoms with Crippen LogP contribution in [-0.2, 0) is 17.7 Å². The monoisotopic (exact) mass is 729 g/mol. The summed E-state index contributed by atoms with van der Waals surface area (Å²) in [6, 6.07) is 13.4. The molecule has 0 aliphatic heterocycles. The summed E-state index contributed by atoms with van der Waals surface area (Å²) in [5.74, 6) is -3.63. The van der Waals surface area contributed by atoms with E-state index in [9.17, 15) is 41.8 Å². The molecule has 280 valence electrons. The van der Waals surface area contributed by atoms with E-state index in [1.807, 2.05) is 26.0 Å². The standard InChI is InChI=1S/C40H44F5NO6/c1-4-51-37(49)46(23-26-8-13-30(14-9-26)52-40(43,44)45)24-39(50)19-17-33-31-15-10-27(20-29(47)12-7-25(2)6-5-18-38(33,39)3)21-32(31)36(48)28-11-16-34(41)35(42)22-28/h6,8-11,13-16,21-22,29,33,47,50H,4-5,7,12,17-20,23-24H2,1-3H3. The molecule has 0 aromatic heterocycles. The number of ketones is 1. The quantitative estimate of drug-likeness (QED) is 0.137. The highest BCUT2D eigenvalue weighted by Crippen LogP contribution is 2.59. The summed E-state index contributed by atoms with van der Waals surface area (Å²) in [5, 5.41) is 23.6. The summed E-state index contributed by atoms with van der Waals surface area (Å²) < 4.78 is 75.8. The van der Waals surface area contributed by atoms with Gasteiger partial charge in [0.1, 0.15) is 5.75 Å². The van der Waals surface area contributed by atoms with Crippen molar-refractivity contribution in [2.24, 2.45) is 5.41 Å². The lowest BCUT2D eigenvalue weighted by Gasteiger charge is -2.46. The van der Waals surface area contributed by atoms with Crippen molar-refractivity contribution in [3.05, 3.63) is 112 Å². The molecule has 0 saturated heterocycles. The van der Waals surface area contributed by atoms with Crippen LogP contribution in [0.1, 0.15) is 97.8 Å². The first-order valence-corrected chi connectivity index (χ1v) is 17.5. The Morgan fingerprint density at radius 3 is 2.38 bits per heavy atom. The van der Waals surface area contributed by atoms with Crippen LogP contribution in [0.5, 0.6) is 5.75 Å². The van der Waals surface area contributed by atoms with E-state index in [-0.39, 0.29) is 43.7 Å². The topological polar surface area (TPSA) is 96.3 Å². The second kappa shape index (κ2) is 15.8. The lowest BCUT2D eigenvalue weighted by molar-refractivity contribution is -0.274. The molecule has 4 atom stereocenters. The third kappa shape index (κ3) is 8.83. The number of benzene rings is 3. The molecule has 2 bridgehead atoms. The SMILES string of the molecule is CCOC(=O)N(Cc1ccc(OC(F)(F)F)cc1)CC1(O)CCC2c3ccc(cc3C(=O)c3ccc(F)c(F)c3)CC(O)CCC(C)=CCCC21C. The van der Waals surface area contributed by atoms with Gasteiger partial charge in [0.2, 0.25) is 0 Å². The van der Waals surface area contributed by atoms with E-state index in [4.69, 9.17) is 4.74 Å². The molecular formula is C40H44F5NO6. The molecule has 52 heavy (non-hydrogen) atoms. The number of rotatable bonds is 8. The molecule has 6 rings (SSSR count). The highest BCUT2D eigenvalue weighted by molar-refractivity contribution is 6.10. The first-order chi connectivity index (χ1) is 24.5. The second-order valence-electron chi connectivity index (χ2n) is 14.2. The van der Waals surface area contributed by atoms with Crippen LogP contribution in [0, 0.1) is 17.0 Å². The van der Waals surface area contributed by atoms with Gasteiger partial charge in [-0.3, -0.25) is 4.79 Å². The summed E-state index contributed by atoms with van der Waals surface area (Å²) in [4.78, 5) is 28.8. The molecule has 0 radical (unpaired) electrons. The van der Waals surface area contributed by atoms with Gasteiger partial charge < -0.3 is 24.6 Å². The zero-order chi connectivity index (χ0) is 37.8. The third-order valence-electron chi connectivity index (χ3n) is 10.6. The summed E-state index contributed by atoms with van der Waals surface area (Å²) in [6.07, 6.45) is -1.17. The molecule has 1 saturated carbocycles. The molecule has 2 N–H and O–H groups in total. The van der Waals surface area contributed by atoms with Gasteiger partial charge in [-0.05, 0) is 118 Å². The van der Waals surface area contributed by atoms with Gasteiger partial charge in [-0.2, -0.15) is 0 Å². The normalized spacial score (nSPS) is 23.7. The average Bonchev–Trinajstić information content (AvgIpc) is 3.33. The number of aliphatic hydroxyl groups is 2. The van der Waals surface area contributed by atoms with Crippen molar-refractivity contribution >= 4 is 11.9 Å². The maximum atomic E-state index is 14.3. The molecule has 4 unspecified atom stereocenters. The van der Waals surface area contributed by atoms with Gasteiger partial charge in [-0.1, -0.05) is 42.8 Å². The first kappa shape index (κ1) is 38.9. The number of hydrogen-bond acceptors (Lipinski definition) is 6. The molecular weight excluding hydrogens is 685 g/mol. The van der Waals surface area contributed by atoms with E-state index in [2.05, 4.69) is 10.8 Å². The minimum absolute atomic E-state index is 0.0482. The molecule has 0 heterocycles. The minimum Gasteiger partial charge on any atom is -0.450 e. The molecule has 1 fully saturated rings. The Morgan fingerprint density at radius 1 is 0.981 bits per heavy atom. The van der Waals surface area contributed by atoms with Gasteiger partial charge >= 0.3 is 12.5 Å². The van der Waals surface area contributed by atoms with E-state index in [1.165, 1.54) is 23.1 Å². The van der Waals surface area contributed by atoms with Crippen LogP contribution in [0.2, 0.25) is 0 Å². The zero-order valence-corrected chi connectivity index (χ0v) is 29.4. The van der Waals surface area contributed by atoms with Crippen LogP contribution in [0.4, 0.5) is 26.7 Å². The van der Waals surface area contributed by atoms with Crippen LogP contribution >= 0.6 is 0 Å². The number of aliphatic hydroxyl groups excluding tert-OH is 1. The smallest absolute Gasteiger partial charge is 0.450 e. The third-order valence-corrected chi connectivity index (χ3v) is 10.6. The van der Waals surface area contributed by atoms with Crippen LogP contribution < -0.4 is 4.74 Å². The largest absolute Gasteiger partial charge is 0.573 e. The lowest BCUT2D eigenvalue weighted by Crippen LogP contribution is -2.53. The minimum atomic E-state index is -4.86. The Bertz CT molecular complexity index is 1790. The number of fused-ring (bicyclic) bond motifs is 8. The average molecular weight is 730 g/mol. The second-order valence-corrected chi connectivity index (χ2v) is 14.2. The number of amides is 1. The number of ether oxygens (including phenoxy) is 2. The molecule has 7 nitrogen and oxygen atoms in total.